The van der Waals surface area contributed by atoms with Gasteiger partial charge in [0.15, 0.2) is 0 Å². The third kappa shape index (κ3) is 7.98. The first-order valence-corrected chi connectivity index (χ1v) is 18.6. The van der Waals surface area contributed by atoms with Crippen molar-refractivity contribution in [1.82, 2.24) is 35.2 Å². The van der Waals surface area contributed by atoms with E-state index in [2.05, 4.69) is 30.5 Å². The van der Waals surface area contributed by atoms with E-state index in [-0.39, 0.29) is 52.7 Å². The molecule has 280 valence electrons. The van der Waals surface area contributed by atoms with E-state index in [4.69, 9.17) is 32.3 Å². The summed E-state index contributed by atoms with van der Waals surface area (Å²) in [6, 6.07) is 11.1. The predicted molar refractivity (Wildman–Crippen MR) is 211 cm³/mol. The number of allylic oxidation sites excluding steroid dienone is 1. The predicted octanol–water partition coefficient (Wildman–Crippen LogP) is 2.20. The summed E-state index contributed by atoms with van der Waals surface area (Å²) < 4.78 is 2.06. The molecule has 2 saturated carbocycles. The molecule has 7 rings (SSSR count). The molecule has 1 aromatic carbocycles. The number of aromatic nitrogens is 3. The number of amides is 3. The monoisotopic (exact) mass is 729 g/mol. The summed E-state index contributed by atoms with van der Waals surface area (Å²) >= 11 is 0. The number of benzene rings is 1. The topological polar surface area (TPSA) is 180 Å². The lowest BCUT2D eigenvalue weighted by atomic mass is 9.58. The summed E-state index contributed by atoms with van der Waals surface area (Å²) in [5.41, 5.74) is 18.2. The molecule has 54 heavy (non-hydrogen) atoms. The van der Waals surface area contributed by atoms with Crippen LogP contribution in [-0.4, -0.2) is 98.3 Å². The molecule has 0 bridgehead atoms. The van der Waals surface area contributed by atoms with Crippen LogP contribution in [-0.2, 0) is 21.5 Å². The lowest BCUT2D eigenvalue weighted by molar-refractivity contribution is -0.121. The van der Waals surface area contributed by atoms with E-state index in [1.165, 1.54) is 11.0 Å². The molecular formula is C38H49B2N11O3. The lowest BCUT2D eigenvalue weighted by Gasteiger charge is -2.37. The Balaban J connectivity index is 0.00000245. The highest BCUT2D eigenvalue weighted by Gasteiger charge is 2.38. The molecule has 4 radical (unpaired) electrons. The van der Waals surface area contributed by atoms with Crippen molar-refractivity contribution in [3.05, 3.63) is 83.0 Å². The molecule has 2 aliphatic heterocycles. The number of carbonyl (C=O) groups excluding carboxylic acids is 3. The highest BCUT2D eigenvalue weighted by molar-refractivity contribution is 6.39. The Hall–Kier alpha value is -5.24. The quantitative estimate of drug-likeness (QED) is 0.112. The zero-order valence-electron chi connectivity index (χ0n) is 31.7. The van der Waals surface area contributed by atoms with Gasteiger partial charge in [0, 0.05) is 62.5 Å². The minimum absolute atomic E-state index is 0.00338. The molecule has 2 aromatic heterocycles. The van der Waals surface area contributed by atoms with Gasteiger partial charge < -0.3 is 42.1 Å². The van der Waals surface area contributed by atoms with Crippen LogP contribution in [0.3, 0.4) is 0 Å². The van der Waals surface area contributed by atoms with E-state index >= 15 is 0 Å². The number of rotatable bonds is 11. The van der Waals surface area contributed by atoms with Gasteiger partial charge in [-0.1, -0.05) is 32.0 Å². The lowest BCUT2D eigenvalue weighted by Crippen LogP contribution is -2.47. The zero-order chi connectivity index (χ0) is 38.9. The average molecular weight is 730 g/mol. The van der Waals surface area contributed by atoms with Crippen LogP contribution in [0.4, 0.5) is 11.4 Å². The smallest absolute Gasteiger partial charge is 0.271 e. The summed E-state index contributed by atoms with van der Waals surface area (Å²) in [6.45, 7) is 5.70. The third-order valence-corrected chi connectivity index (χ3v) is 10.0. The van der Waals surface area contributed by atoms with Crippen molar-refractivity contribution >= 4 is 44.8 Å². The van der Waals surface area contributed by atoms with E-state index < -0.39 is 11.2 Å². The first kappa shape index (κ1) is 38.5. The Bertz CT molecular complexity index is 1980. The van der Waals surface area contributed by atoms with Crippen LogP contribution < -0.4 is 32.3 Å². The van der Waals surface area contributed by atoms with Gasteiger partial charge in [0.25, 0.3) is 11.8 Å². The number of pyridine rings is 1. The van der Waals surface area contributed by atoms with Gasteiger partial charge in [-0.3, -0.25) is 19.1 Å². The minimum Gasteiger partial charge on any atom is -0.393 e. The second-order valence-electron chi connectivity index (χ2n) is 14.4. The van der Waals surface area contributed by atoms with Gasteiger partial charge in [-0.05, 0) is 62.2 Å². The standard InChI is InChI=1S/C36H43B2N11O3.C2H6/c1-46(2)35(52)26-8-5-9-29(44-26)36(37,38)48-15-14-22(18-48)49-28-19-47(3)32-23(24(28)17-41-49)6-4-7-25(32)43-27(31(40)34(51)42-21-12-13-21)16-30(39)45-33(50)20-10-11-20;1-2/h4-9,16-17,20-22,43H,10-15,18-19,39-40H2,1-3H3,(H,42,51)(H,45,50);1-2H3/b30-16+,31-27+;. The van der Waals surface area contributed by atoms with Gasteiger partial charge in [0.2, 0.25) is 5.91 Å². The van der Waals surface area contributed by atoms with Crippen LogP contribution in [0, 0.1) is 5.92 Å². The number of nitrogens with two attached hydrogens (primary N) is 2. The number of anilines is 2. The van der Waals surface area contributed by atoms with Gasteiger partial charge in [-0.2, -0.15) is 5.10 Å². The van der Waals surface area contributed by atoms with Gasteiger partial charge in [-0.15, -0.1) is 0 Å². The molecule has 4 heterocycles. The van der Waals surface area contributed by atoms with E-state index in [1.807, 2.05) is 50.2 Å². The Morgan fingerprint density at radius 2 is 1.72 bits per heavy atom. The van der Waals surface area contributed by atoms with Crippen LogP contribution in [0.2, 0.25) is 0 Å². The molecule has 7 N–H and O–H groups in total. The van der Waals surface area contributed by atoms with Gasteiger partial charge >= 0.3 is 0 Å². The number of fused-ring (bicyclic) bond motifs is 3. The maximum atomic E-state index is 13.1. The summed E-state index contributed by atoms with van der Waals surface area (Å²) in [5, 5.41) is 12.5. The molecule has 4 aliphatic rings. The Kier molecular flexibility index (Phi) is 11.1. The maximum absolute atomic E-state index is 13.1. The Morgan fingerprint density at radius 1 is 1.00 bits per heavy atom. The normalized spacial score (nSPS) is 18.7. The zero-order valence-corrected chi connectivity index (χ0v) is 31.7. The largest absolute Gasteiger partial charge is 0.393 e. The SMILES string of the molecule is CC.[B]C([B])(c1cccc(C(=O)N(C)C)n1)N1CCC(n2ncc3c2CN(C)c2c(NC(/C=C(\N)NC(=O)C4CC4)=C(/N)C(=O)NC4CC4)cccc2-3)C1. The number of nitrogens with zero attached hydrogens (tertiary/aromatic N) is 6. The van der Waals surface area contributed by atoms with Crippen molar-refractivity contribution in [2.45, 2.75) is 69.9 Å². The van der Waals surface area contributed by atoms with Crippen LogP contribution in [0.1, 0.15) is 73.9 Å². The summed E-state index contributed by atoms with van der Waals surface area (Å²) in [6.07, 6.45) is 7.63. The minimum atomic E-state index is -1.39. The van der Waals surface area contributed by atoms with Gasteiger partial charge in [-0.25, -0.2) is 4.98 Å². The highest BCUT2D eigenvalue weighted by Crippen LogP contribution is 2.44. The van der Waals surface area contributed by atoms with Crippen molar-refractivity contribution in [3.63, 3.8) is 0 Å². The molecule has 2 aliphatic carbocycles. The molecule has 1 saturated heterocycles. The second kappa shape index (κ2) is 15.6. The summed E-state index contributed by atoms with van der Waals surface area (Å²) in [4.78, 5) is 48.2. The van der Waals surface area contributed by atoms with Gasteiger partial charge in [0.05, 0.1) is 57.2 Å². The number of para-hydroxylation sites is 1. The first-order valence-electron chi connectivity index (χ1n) is 18.6. The molecule has 1 atom stereocenters. The number of carbonyl (C=O) groups is 3. The van der Waals surface area contributed by atoms with Crippen molar-refractivity contribution in [2.75, 3.05) is 44.4 Å². The van der Waals surface area contributed by atoms with Crippen LogP contribution in [0.25, 0.3) is 11.1 Å². The fourth-order valence-corrected chi connectivity index (χ4v) is 6.83. The summed E-state index contributed by atoms with van der Waals surface area (Å²) in [7, 11) is 18.8. The first-order chi connectivity index (χ1) is 25.8. The van der Waals surface area contributed by atoms with Crippen LogP contribution in [0.5, 0.6) is 0 Å². The molecule has 1 unspecified atom stereocenters. The number of likely N-dealkylation sites (tertiary alicyclic amines) is 1. The van der Waals surface area contributed by atoms with E-state index in [0.717, 1.165) is 54.6 Å². The van der Waals surface area contributed by atoms with Crippen molar-refractivity contribution in [1.29, 1.82) is 0 Å². The average Bonchev–Trinajstić information content (AvgIpc) is 4.08. The Morgan fingerprint density at radius 3 is 2.41 bits per heavy atom. The van der Waals surface area contributed by atoms with Crippen LogP contribution >= 0.6 is 0 Å². The van der Waals surface area contributed by atoms with E-state index in [0.29, 0.717) is 31.0 Å². The number of hydrogen-bond donors (Lipinski definition) is 5. The number of nitrogens with one attached hydrogen (secondary N) is 3. The number of hydrogen-bond acceptors (Lipinski definition) is 10. The van der Waals surface area contributed by atoms with Crippen molar-refractivity contribution < 1.29 is 14.4 Å². The van der Waals surface area contributed by atoms with Crippen LogP contribution in [0.15, 0.2) is 65.9 Å². The van der Waals surface area contributed by atoms with Crippen molar-refractivity contribution in [3.8, 4) is 11.1 Å². The third-order valence-electron chi connectivity index (χ3n) is 10.0. The molecule has 16 heteroatoms. The van der Waals surface area contributed by atoms with E-state index in [1.54, 1.807) is 32.3 Å². The highest BCUT2D eigenvalue weighted by atomic mass is 16.2. The summed E-state index contributed by atoms with van der Waals surface area (Å²) in [5.74, 6) is -0.720. The fourth-order valence-electron chi connectivity index (χ4n) is 6.83. The van der Waals surface area contributed by atoms with Gasteiger partial charge in [0.1, 0.15) is 17.2 Å². The second-order valence-corrected chi connectivity index (χ2v) is 14.4. The molecule has 3 amide bonds. The fraction of sp³-hybridized carbons (Fsp3) is 0.447. The molecule has 3 fully saturated rings. The maximum Gasteiger partial charge on any atom is 0.271 e. The molecular weight excluding hydrogens is 680 g/mol. The molecule has 3 aromatic rings. The molecule has 14 nitrogen and oxygen atoms in total. The van der Waals surface area contributed by atoms with E-state index in [9.17, 15) is 14.4 Å². The Labute approximate surface area is 319 Å². The molecule has 0 spiro atoms. The van der Waals surface area contributed by atoms with Crippen molar-refractivity contribution in [2.24, 2.45) is 17.4 Å².